The van der Waals surface area contributed by atoms with Gasteiger partial charge < -0.3 is 5.73 Å². The summed E-state index contributed by atoms with van der Waals surface area (Å²) in [6, 6.07) is 5.88. The highest BCUT2D eigenvalue weighted by molar-refractivity contribution is 9.10. The molecule has 2 aromatic rings. The third-order valence-corrected chi connectivity index (χ3v) is 3.13. The maximum atomic E-state index is 6.20. The Bertz CT molecular complexity index is 506. The highest BCUT2D eigenvalue weighted by atomic mass is 79.9. The summed E-state index contributed by atoms with van der Waals surface area (Å²) in [7, 11) is 1.84. The van der Waals surface area contributed by atoms with Crippen LogP contribution in [0.4, 0.5) is 0 Å². The molecule has 2 N–H and O–H groups in total. The molecule has 4 nitrogen and oxygen atoms in total. The monoisotopic (exact) mass is 280 g/mol. The summed E-state index contributed by atoms with van der Waals surface area (Å²) in [5, 5.41) is 7.73. The molecule has 0 amide bonds. The molecular formula is C11H13BrN4. The maximum Gasteiger partial charge on any atom is 0.0796 e. The number of hydrogen-bond donors (Lipinski definition) is 1. The molecule has 1 aromatic carbocycles. The lowest BCUT2D eigenvalue weighted by Gasteiger charge is -2.14. The van der Waals surface area contributed by atoms with Crippen molar-refractivity contribution in [2.75, 3.05) is 0 Å². The van der Waals surface area contributed by atoms with Crippen molar-refractivity contribution in [2.45, 2.75) is 13.0 Å². The van der Waals surface area contributed by atoms with Crippen LogP contribution < -0.4 is 5.73 Å². The first-order valence-electron chi connectivity index (χ1n) is 4.96. The molecule has 16 heavy (non-hydrogen) atoms. The van der Waals surface area contributed by atoms with Crippen molar-refractivity contribution >= 4 is 15.9 Å². The van der Waals surface area contributed by atoms with E-state index in [0.717, 1.165) is 21.3 Å². The van der Waals surface area contributed by atoms with Gasteiger partial charge in [-0.1, -0.05) is 27.2 Å². The predicted octanol–water partition coefficient (Wildman–Crippen LogP) is 1.93. The fraction of sp³-hybridized carbons (Fsp3) is 0.273. The Labute approximate surface area is 103 Å². The lowest BCUT2D eigenvalue weighted by molar-refractivity contribution is 0.650. The van der Waals surface area contributed by atoms with Gasteiger partial charge in [-0.05, 0) is 30.2 Å². The second-order valence-corrected chi connectivity index (χ2v) is 4.68. The van der Waals surface area contributed by atoms with Gasteiger partial charge in [0, 0.05) is 11.5 Å². The van der Waals surface area contributed by atoms with E-state index in [9.17, 15) is 0 Å². The summed E-state index contributed by atoms with van der Waals surface area (Å²) >= 11 is 3.44. The zero-order valence-electron chi connectivity index (χ0n) is 9.18. The standard InChI is InChI=1S/C11H13BrN4/c1-7-5-8(12)3-4-9(7)11(13)10-6-14-15-16(10)2/h3-6,11H,13H2,1-2H3. The number of nitrogens with zero attached hydrogens (tertiary/aromatic N) is 3. The average molecular weight is 281 g/mol. The Morgan fingerprint density at radius 1 is 1.44 bits per heavy atom. The topological polar surface area (TPSA) is 56.7 Å². The SMILES string of the molecule is Cc1cc(Br)ccc1C(N)c1cnnn1C. The van der Waals surface area contributed by atoms with Gasteiger partial charge in [0.2, 0.25) is 0 Å². The van der Waals surface area contributed by atoms with Crippen LogP contribution in [-0.4, -0.2) is 15.0 Å². The minimum atomic E-state index is -0.187. The summed E-state index contributed by atoms with van der Waals surface area (Å²) in [4.78, 5) is 0. The van der Waals surface area contributed by atoms with Crippen molar-refractivity contribution in [3.63, 3.8) is 0 Å². The third-order valence-electron chi connectivity index (χ3n) is 2.64. The maximum absolute atomic E-state index is 6.20. The minimum absolute atomic E-state index is 0.187. The van der Waals surface area contributed by atoms with Crippen LogP contribution in [0.3, 0.4) is 0 Å². The molecule has 0 saturated heterocycles. The van der Waals surface area contributed by atoms with Crippen LogP contribution >= 0.6 is 15.9 Å². The molecular weight excluding hydrogens is 268 g/mol. The Morgan fingerprint density at radius 3 is 2.75 bits per heavy atom. The summed E-state index contributed by atoms with van der Waals surface area (Å²) in [5.74, 6) is 0. The number of aryl methyl sites for hydroxylation is 2. The molecule has 0 aliphatic heterocycles. The van der Waals surface area contributed by atoms with Crippen LogP contribution in [0.5, 0.6) is 0 Å². The zero-order chi connectivity index (χ0) is 11.7. The van der Waals surface area contributed by atoms with Crippen molar-refractivity contribution in [2.24, 2.45) is 12.8 Å². The molecule has 1 unspecified atom stereocenters. The van der Waals surface area contributed by atoms with Crippen LogP contribution in [0.15, 0.2) is 28.9 Å². The zero-order valence-corrected chi connectivity index (χ0v) is 10.8. The van der Waals surface area contributed by atoms with Gasteiger partial charge in [0.15, 0.2) is 0 Å². The van der Waals surface area contributed by atoms with Gasteiger partial charge in [-0.15, -0.1) is 5.10 Å². The Morgan fingerprint density at radius 2 is 2.19 bits per heavy atom. The molecule has 0 aliphatic rings. The van der Waals surface area contributed by atoms with E-state index in [1.807, 2.05) is 26.1 Å². The van der Waals surface area contributed by atoms with E-state index >= 15 is 0 Å². The van der Waals surface area contributed by atoms with E-state index in [-0.39, 0.29) is 6.04 Å². The van der Waals surface area contributed by atoms with Crippen molar-refractivity contribution in [3.05, 3.63) is 45.7 Å². The molecule has 2 rings (SSSR count). The third kappa shape index (κ3) is 2.01. The quantitative estimate of drug-likeness (QED) is 0.915. The number of aromatic nitrogens is 3. The predicted molar refractivity (Wildman–Crippen MR) is 65.9 cm³/mol. The molecule has 0 aliphatic carbocycles. The smallest absolute Gasteiger partial charge is 0.0796 e. The van der Waals surface area contributed by atoms with E-state index in [0.29, 0.717) is 0 Å². The van der Waals surface area contributed by atoms with Gasteiger partial charge in [0.1, 0.15) is 0 Å². The molecule has 0 saturated carbocycles. The molecule has 0 bridgehead atoms. The first-order chi connectivity index (χ1) is 7.59. The summed E-state index contributed by atoms with van der Waals surface area (Å²) in [5.41, 5.74) is 9.35. The summed E-state index contributed by atoms with van der Waals surface area (Å²) in [6.45, 7) is 2.05. The lowest BCUT2D eigenvalue weighted by Crippen LogP contribution is -2.16. The highest BCUT2D eigenvalue weighted by Crippen LogP contribution is 2.24. The first-order valence-corrected chi connectivity index (χ1v) is 5.75. The minimum Gasteiger partial charge on any atom is -0.319 e. The molecule has 84 valence electrons. The average Bonchev–Trinajstić information content (AvgIpc) is 2.63. The van der Waals surface area contributed by atoms with Crippen molar-refractivity contribution in [1.82, 2.24) is 15.0 Å². The molecule has 1 heterocycles. The number of benzene rings is 1. The fourth-order valence-electron chi connectivity index (χ4n) is 1.73. The van der Waals surface area contributed by atoms with Gasteiger partial charge in [0.25, 0.3) is 0 Å². The Balaban J connectivity index is 2.41. The van der Waals surface area contributed by atoms with Crippen molar-refractivity contribution in [3.8, 4) is 0 Å². The van der Waals surface area contributed by atoms with Crippen molar-refractivity contribution < 1.29 is 0 Å². The largest absolute Gasteiger partial charge is 0.319 e. The Hall–Kier alpha value is -1.20. The van der Waals surface area contributed by atoms with Crippen LogP contribution in [0, 0.1) is 6.92 Å². The van der Waals surface area contributed by atoms with E-state index in [2.05, 4.69) is 32.3 Å². The first kappa shape index (κ1) is 11.3. The molecule has 5 heteroatoms. The van der Waals surface area contributed by atoms with E-state index in [4.69, 9.17) is 5.73 Å². The molecule has 1 atom stereocenters. The lowest BCUT2D eigenvalue weighted by atomic mass is 10.00. The number of halogens is 1. The van der Waals surface area contributed by atoms with Crippen LogP contribution in [-0.2, 0) is 7.05 Å². The van der Waals surface area contributed by atoms with E-state index in [1.54, 1.807) is 10.9 Å². The van der Waals surface area contributed by atoms with Crippen LogP contribution in [0.2, 0.25) is 0 Å². The van der Waals surface area contributed by atoms with Gasteiger partial charge >= 0.3 is 0 Å². The van der Waals surface area contributed by atoms with E-state index in [1.165, 1.54) is 0 Å². The Kier molecular flexibility index (Phi) is 3.07. The molecule has 0 fully saturated rings. The summed E-state index contributed by atoms with van der Waals surface area (Å²) in [6.07, 6.45) is 1.70. The number of hydrogen-bond acceptors (Lipinski definition) is 3. The van der Waals surface area contributed by atoms with Gasteiger partial charge in [-0.25, -0.2) is 0 Å². The second-order valence-electron chi connectivity index (χ2n) is 3.76. The van der Waals surface area contributed by atoms with E-state index < -0.39 is 0 Å². The molecule has 0 radical (unpaired) electrons. The molecule has 0 spiro atoms. The van der Waals surface area contributed by atoms with Gasteiger partial charge in [-0.2, -0.15) is 0 Å². The summed E-state index contributed by atoms with van der Waals surface area (Å²) < 4.78 is 2.76. The second kappa shape index (κ2) is 4.35. The normalized spacial score (nSPS) is 12.8. The van der Waals surface area contributed by atoms with Crippen LogP contribution in [0.25, 0.3) is 0 Å². The number of nitrogens with two attached hydrogens (primary N) is 1. The van der Waals surface area contributed by atoms with Crippen LogP contribution in [0.1, 0.15) is 22.9 Å². The van der Waals surface area contributed by atoms with Crippen molar-refractivity contribution in [1.29, 1.82) is 0 Å². The van der Waals surface area contributed by atoms with Gasteiger partial charge in [0.05, 0.1) is 17.9 Å². The molecule has 1 aromatic heterocycles. The number of rotatable bonds is 2. The van der Waals surface area contributed by atoms with Gasteiger partial charge in [-0.3, -0.25) is 4.68 Å². The highest BCUT2D eigenvalue weighted by Gasteiger charge is 2.15. The fourth-order valence-corrected chi connectivity index (χ4v) is 2.20.